The molecule has 0 amide bonds. The lowest BCUT2D eigenvalue weighted by Gasteiger charge is -2.40. The van der Waals surface area contributed by atoms with Gasteiger partial charge in [0.15, 0.2) is 0 Å². The van der Waals surface area contributed by atoms with Gasteiger partial charge in [0, 0.05) is 25.8 Å². The summed E-state index contributed by atoms with van der Waals surface area (Å²) >= 11 is 0. The fourth-order valence-electron chi connectivity index (χ4n) is 4.21. The van der Waals surface area contributed by atoms with Crippen molar-refractivity contribution >= 4 is 12.4 Å². The molecular formula is C19H32ClN3. The van der Waals surface area contributed by atoms with Gasteiger partial charge in [-0.1, -0.05) is 26.8 Å². The van der Waals surface area contributed by atoms with Crippen molar-refractivity contribution in [2.75, 3.05) is 26.2 Å². The Bertz CT molecular complexity index is 497. The van der Waals surface area contributed by atoms with E-state index in [4.69, 9.17) is 4.98 Å². The first-order valence-corrected chi connectivity index (χ1v) is 8.96. The van der Waals surface area contributed by atoms with Crippen LogP contribution in [0, 0.1) is 11.3 Å². The zero-order valence-electron chi connectivity index (χ0n) is 14.8. The van der Waals surface area contributed by atoms with E-state index in [0.29, 0.717) is 17.4 Å². The van der Waals surface area contributed by atoms with Gasteiger partial charge in [-0.05, 0) is 55.2 Å². The SMILES string of the molecule is CC(C)CN(CC1(C)CCNC1)C1CCCc2cccnc21.Cl. The number of pyridine rings is 1. The minimum atomic E-state index is 0. The Hall–Kier alpha value is -0.640. The second kappa shape index (κ2) is 7.96. The second-order valence-corrected chi connectivity index (χ2v) is 8.02. The number of hydrogen-bond acceptors (Lipinski definition) is 3. The van der Waals surface area contributed by atoms with Crippen molar-refractivity contribution in [1.29, 1.82) is 0 Å². The largest absolute Gasteiger partial charge is 0.316 e. The van der Waals surface area contributed by atoms with Gasteiger partial charge >= 0.3 is 0 Å². The summed E-state index contributed by atoms with van der Waals surface area (Å²) in [5, 5.41) is 3.55. The highest BCUT2D eigenvalue weighted by Crippen LogP contribution is 2.36. The Labute approximate surface area is 147 Å². The van der Waals surface area contributed by atoms with Gasteiger partial charge in [0.2, 0.25) is 0 Å². The lowest BCUT2D eigenvalue weighted by molar-refractivity contribution is 0.101. The molecule has 0 radical (unpaired) electrons. The number of aromatic nitrogens is 1. The molecule has 0 spiro atoms. The summed E-state index contributed by atoms with van der Waals surface area (Å²) in [6.45, 7) is 11.8. The number of fused-ring (bicyclic) bond motifs is 1. The van der Waals surface area contributed by atoms with E-state index in [-0.39, 0.29) is 12.4 Å². The molecule has 23 heavy (non-hydrogen) atoms. The van der Waals surface area contributed by atoms with Crippen LogP contribution in [0.2, 0.25) is 0 Å². The van der Waals surface area contributed by atoms with E-state index in [0.717, 1.165) is 6.54 Å². The molecule has 1 fully saturated rings. The molecule has 3 nitrogen and oxygen atoms in total. The normalized spacial score (nSPS) is 27.1. The molecule has 2 heterocycles. The Balaban J connectivity index is 0.00000192. The van der Waals surface area contributed by atoms with Gasteiger partial charge < -0.3 is 5.32 Å². The smallest absolute Gasteiger partial charge is 0.0607 e. The Kier molecular flexibility index (Phi) is 6.47. The molecule has 0 bridgehead atoms. The average molecular weight is 338 g/mol. The van der Waals surface area contributed by atoms with Gasteiger partial charge in [0.1, 0.15) is 0 Å². The average Bonchev–Trinajstić information content (AvgIpc) is 2.92. The van der Waals surface area contributed by atoms with Crippen LogP contribution >= 0.6 is 12.4 Å². The van der Waals surface area contributed by atoms with Gasteiger partial charge in [-0.15, -0.1) is 12.4 Å². The molecule has 2 atom stereocenters. The van der Waals surface area contributed by atoms with Crippen LogP contribution in [0.25, 0.3) is 0 Å². The van der Waals surface area contributed by atoms with Crippen LogP contribution in [0.3, 0.4) is 0 Å². The number of nitrogens with one attached hydrogen (secondary N) is 1. The molecule has 4 heteroatoms. The van der Waals surface area contributed by atoms with E-state index in [9.17, 15) is 0 Å². The number of rotatable bonds is 5. The topological polar surface area (TPSA) is 28.2 Å². The predicted octanol–water partition coefficient (Wildman–Crippen LogP) is 3.84. The molecule has 1 aromatic heterocycles. The fraction of sp³-hybridized carbons (Fsp3) is 0.737. The lowest BCUT2D eigenvalue weighted by Crippen LogP contribution is -2.42. The van der Waals surface area contributed by atoms with Crippen molar-refractivity contribution in [3.63, 3.8) is 0 Å². The van der Waals surface area contributed by atoms with E-state index >= 15 is 0 Å². The van der Waals surface area contributed by atoms with Crippen LogP contribution in [-0.2, 0) is 6.42 Å². The Morgan fingerprint density at radius 2 is 2.26 bits per heavy atom. The summed E-state index contributed by atoms with van der Waals surface area (Å²) < 4.78 is 0. The van der Waals surface area contributed by atoms with Crippen LogP contribution in [0.1, 0.15) is 57.3 Å². The van der Waals surface area contributed by atoms with E-state index in [1.807, 2.05) is 6.20 Å². The van der Waals surface area contributed by atoms with Crippen LogP contribution in [0.15, 0.2) is 18.3 Å². The summed E-state index contributed by atoms with van der Waals surface area (Å²) in [5.41, 5.74) is 3.24. The van der Waals surface area contributed by atoms with Crippen LogP contribution < -0.4 is 5.32 Å². The molecule has 3 rings (SSSR count). The summed E-state index contributed by atoms with van der Waals surface area (Å²) in [6, 6.07) is 4.89. The van der Waals surface area contributed by atoms with Gasteiger partial charge in [0.05, 0.1) is 11.7 Å². The maximum atomic E-state index is 4.77. The molecule has 1 N–H and O–H groups in total. The first kappa shape index (κ1) is 18.7. The van der Waals surface area contributed by atoms with E-state index in [1.165, 1.54) is 56.6 Å². The first-order valence-electron chi connectivity index (χ1n) is 8.96. The first-order chi connectivity index (χ1) is 10.6. The van der Waals surface area contributed by atoms with Gasteiger partial charge in [0.25, 0.3) is 0 Å². The fourth-order valence-corrected chi connectivity index (χ4v) is 4.21. The van der Waals surface area contributed by atoms with Crippen molar-refractivity contribution < 1.29 is 0 Å². The third kappa shape index (κ3) is 4.46. The van der Waals surface area contributed by atoms with Crippen molar-refractivity contribution in [3.8, 4) is 0 Å². The van der Waals surface area contributed by atoms with E-state index in [1.54, 1.807) is 0 Å². The molecular weight excluding hydrogens is 306 g/mol. The molecule has 2 unspecified atom stereocenters. The Morgan fingerprint density at radius 1 is 1.43 bits per heavy atom. The van der Waals surface area contributed by atoms with Gasteiger partial charge in [-0.2, -0.15) is 0 Å². The number of hydrogen-bond donors (Lipinski definition) is 1. The molecule has 1 saturated heterocycles. The third-order valence-corrected chi connectivity index (χ3v) is 5.25. The van der Waals surface area contributed by atoms with E-state index < -0.39 is 0 Å². The molecule has 1 aliphatic heterocycles. The standard InChI is InChI=1S/C19H31N3.ClH/c1-15(2)12-22(14-19(3)9-11-20-13-19)17-8-4-6-16-7-5-10-21-18(16)17;/h5,7,10,15,17,20H,4,6,8-9,11-14H2,1-3H3;1H. The molecule has 130 valence electrons. The third-order valence-electron chi connectivity index (χ3n) is 5.25. The van der Waals surface area contributed by atoms with Crippen molar-refractivity contribution in [2.24, 2.45) is 11.3 Å². The van der Waals surface area contributed by atoms with Gasteiger partial charge in [-0.3, -0.25) is 9.88 Å². The highest BCUT2D eigenvalue weighted by Gasteiger charge is 2.35. The summed E-state index contributed by atoms with van der Waals surface area (Å²) in [4.78, 5) is 7.51. The maximum Gasteiger partial charge on any atom is 0.0607 e. The van der Waals surface area contributed by atoms with E-state index in [2.05, 4.69) is 43.1 Å². The highest BCUT2D eigenvalue weighted by atomic mass is 35.5. The lowest BCUT2D eigenvalue weighted by atomic mass is 9.85. The van der Waals surface area contributed by atoms with Crippen LogP contribution in [0.4, 0.5) is 0 Å². The van der Waals surface area contributed by atoms with Crippen LogP contribution in [0.5, 0.6) is 0 Å². The second-order valence-electron chi connectivity index (χ2n) is 8.02. The van der Waals surface area contributed by atoms with Crippen LogP contribution in [-0.4, -0.2) is 36.1 Å². The monoisotopic (exact) mass is 337 g/mol. The minimum absolute atomic E-state index is 0. The molecule has 2 aliphatic rings. The van der Waals surface area contributed by atoms with Crippen molar-refractivity contribution in [3.05, 3.63) is 29.6 Å². The quantitative estimate of drug-likeness (QED) is 0.884. The van der Waals surface area contributed by atoms with Gasteiger partial charge in [-0.25, -0.2) is 0 Å². The predicted molar refractivity (Wildman–Crippen MR) is 99.2 cm³/mol. The van der Waals surface area contributed by atoms with Crippen molar-refractivity contribution in [1.82, 2.24) is 15.2 Å². The summed E-state index contributed by atoms with van der Waals surface area (Å²) in [5.74, 6) is 0.701. The number of aryl methyl sites for hydroxylation is 1. The zero-order chi connectivity index (χ0) is 15.6. The molecule has 1 aliphatic carbocycles. The molecule has 0 saturated carbocycles. The minimum Gasteiger partial charge on any atom is -0.316 e. The molecule has 0 aromatic carbocycles. The maximum absolute atomic E-state index is 4.77. The highest BCUT2D eigenvalue weighted by molar-refractivity contribution is 5.85. The summed E-state index contributed by atoms with van der Waals surface area (Å²) in [6.07, 6.45) is 7.04. The molecule has 1 aromatic rings. The Morgan fingerprint density at radius 3 is 2.96 bits per heavy atom. The number of halogens is 1. The number of nitrogens with zero attached hydrogens (tertiary/aromatic N) is 2. The van der Waals surface area contributed by atoms with Crippen molar-refractivity contribution in [2.45, 2.75) is 52.5 Å². The summed E-state index contributed by atoms with van der Waals surface area (Å²) in [7, 11) is 0. The zero-order valence-corrected chi connectivity index (χ0v) is 15.7.